The molecule has 17 heavy (non-hydrogen) atoms. The van der Waals surface area contributed by atoms with Crippen molar-refractivity contribution in [3.8, 4) is 0 Å². The van der Waals surface area contributed by atoms with Gasteiger partial charge in [-0.15, -0.1) is 0 Å². The Morgan fingerprint density at radius 1 is 1.41 bits per heavy atom. The van der Waals surface area contributed by atoms with E-state index in [1.165, 1.54) is 13.0 Å². The zero-order valence-electron chi connectivity index (χ0n) is 10.3. The summed E-state index contributed by atoms with van der Waals surface area (Å²) < 4.78 is 27.4. The highest BCUT2D eigenvalue weighted by Crippen LogP contribution is 2.28. The van der Waals surface area contributed by atoms with Crippen LogP contribution < -0.4 is 5.73 Å². The highest BCUT2D eigenvalue weighted by Gasteiger charge is 2.34. The molecule has 0 spiro atoms. The topological polar surface area (TPSA) is 43.1 Å². The van der Waals surface area contributed by atoms with Gasteiger partial charge in [0, 0.05) is 12.0 Å². The number of halogens is 2. The maximum Gasteiger partial charge on any atom is 0.175 e. The summed E-state index contributed by atoms with van der Waals surface area (Å²) >= 11 is 0. The number of hydrogen-bond acceptors (Lipinski definition) is 2. The fraction of sp³-hybridized carbons (Fsp3) is 0.462. The number of benzene rings is 1. The van der Waals surface area contributed by atoms with Crippen LogP contribution in [0.1, 0.15) is 36.2 Å². The van der Waals surface area contributed by atoms with Gasteiger partial charge in [-0.05, 0) is 25.0 Å². The summed E-state index contributed by atoms with van der Waals surface area (Å²) in [5.41, 5.74) is 4.39. The van der Waals surface area contributed by atoms with Gasteiger partial charge in [-0.25, -0.2) is 8.78 Å². The Hall–Kier alpha value is -1.29. The molecule has 0 aliphatic rings. The van der Waals surface area contributed by atoms with Crippen LogP contribution in [0.15, 0.2) is 12.1 Å². The fourth-order valence-corrected chi connectivity index (χ4v) is 1.56. The second-order valence-electron chi connectivity index (χ2n) is 4.50. The van der Waals surface area contributed by atoms with E-state index in [4.69, 9.17) is 5.73 Å². The summed E-state index contributed by atoms with van der Waals surface area (Å²) in [5, 5.41) is 0. The Kier molecular flexibility index (Phi) is 3.98. The number of carbonyl (C=O) groups excluding carboxylic acids is 1. The second kappa shape index (κ2) is 4.92. The average Bonchev–Trinajstić information content (AvgIpc) is 2.33. The third-order valence-electron chi connectivity index (χ3n) is 3.29. The van der Waals surface area contributed by atoms with Crippen LogP contribution >= 0.6 is 0 Å². The van der Waals surface area contributed by atoms with Crippen molar-refractivity contribution in [2.24, 2.45) is 11.1 Å². The van der Waals surface area contributed by atoms with Crippen molar-refractivity contribution in [1.82, 2.24) is 0 Å². The first kappa shape index (κ1) is 13.8. The lowest BCUT2D eigenvalue weighted by Gasteiger charge is -2.25. The number of nitrogens with two attached hydrogens (primary N) is 1. The summed E-state index contributed by atoms with van der Waals surface area (Å²) in [7, 11) is 0. The third kappa shape index (κ3) is 2.36. The quantitative estimate of drug-likeness (QED) is 0.824. The Bertz CT molecular complexity index is 439. The molecule has 0 fully saturated rings. The molecule has 2 nitrogen and oxygen atoms in total. The van der Waals surface area contributed by atoms with Gasteiger partial charge in [0.2, 0.25) is 0 Å². The van der Waals surface area contributed by atoms with Gasteiger partial charge in [0.1, 0.15) is 11.6 Å². The van der Waals surface area contributed by atoms with Crippen molar-refractivity contribution >= 4 is 5.78 Å². The van der Waals surface area contributed by atoms with Gasteiger partial charge in [-0.2, -0.15) is 0 Å². The minimum Gasteiger partial charge on any atom is -0.329 e. The van der Waals surface area contributed by atoms with Crippen LogP contribution in [0.4, 0.5) is 8.78 Å². The molecule has 0 radical (unpaired) electrons. The predicted octanol–water partition coefficient (Wildman–Crippen LogP) is 2.83. The van der Waals surface area contributed by atoms with Crippen LogP contribution in [-0.2, 0) is 0 Å². The lowest BCUT2D eigenvalue weighted by atomic mass is 9.79. The number of carbonyl (C=O) groups is 1. The van der Waals surface area contributed by atoms with E-state index < -0.39 is 28.4 Å². The maximum absolute atomic E-state index is 13.8. The van der Waals surface area contributed by atoms with Gasteiger partial charge < -0.3 is 5.73 Å². The Balaban J connectivity index is 3.35. The number of Topliss-reactive ketones (excluding diaryl/α,β-unsaturated/α-hetero) is 1. The molecule has 0 aromatic heterocycles. The normalized spacial score (nSPS) is 14.5. The monoisotopic (exact) mass is 241 g/mol. The lowest BCUT2D eigenvalue weighted by Crippen LogP contribution is -2.36. The zero-order valence-corrected chi connectivity index (χ0v) is 10.3. The molecule has 94 valence electrons. The van der Waals surface area contributed by atoms with Crippen molar-refractivity contribution in [2.75, 3.05) is 6.54 Å². The molecule has 0 heterocycles. The molecular formula is C13H17F2NO. The molecule has 0 aliphatic carbocycles. The standard InChI is InChI=1S/C13H17F2NO/c1-4-13(3,7-16)12(17)10-9(14)6-5-8(2)11(10)15/h5-6H,4,7,16H2,1-3H3. The molecule has 0 amide bonds. The molecule has 1 rings (SSSR count). The molecule has 1 atom stereocenters. The van der Waals surface area contributed by atoms with Gasteiger partial charge >= 0.3 is 0 Å². The van der Waals surface area contributed by atoms with Crippen molar-refractivity contribution in [3.05, 3.63) is 34.9 Å². The molecule has 2 N–H and O–H groups in total. The first-order chi connectivity index (χ1) is 7.87. The number of ketones is 1. The summed E-state index contributed by atoms with van der Waals surface area (Å²) in [5.74, 6) is -2.18. The molecule has 1 unspecified atom stereocenters. The molecule has 0 saturated carbocycles. The molecule has 0 aliphatic heterocycles. The molecule has 1 aromatic carbocycles. The first-order valence-electron chi connectivity index (χ1n) is 5.57. The highest BCUT2D eigenvalue weighted by atomic mass is 19.1. The summed E-state index contributed by atoms with van der Waals surface area (Å²) in [6, 6.07) is 2.42. The van der Waals surface area contributed by atoms with Crippen LogP contribution in [-0.4, -0.2) is 12.3 Å². The van der Waals surface area contributed by atoms with E-state index in [1.807, 2.05) is 0 Å². The van der Waals surface area contributed by atoms with Crippen molar-refractivity contribution in [2.45, 2.75) is 27.2 Å². The zero-order chi connectivity index (χ0) is 13.2. The predicted molar refractivity (Wildman–Crippen MR) is 62.9 cm³/mol. The average molecular weight is 241 g/mol. The van der Waals surface area contributed by atoms with Gasteiger partial charge in [-0.3, -0.25) is 4.79 Å². The van der Waals surface area contributed by atoms with Crippen LogP contribution in [0.3, 0.4) is 0 Å². The number of hydrogen-bond donors (Lipinski definition) is 1. The summed E-state index contributed by atoms with van der Waals surface area (Å²) in [4.78, 5) is 12.2. The van der Waals surface area contributed by atoms with Crippen molar-refractivity contribution in [3.63, 3.8) is 0 Å². The molecule has 1 aromatic rings. The van der Waals surface area contributed by atoms with Crippen LogP contribution in [0.5, 0.6) is 0 Å². The Morgan fingerprint density at radius 2 is 2.00 bits per heavy atom. The van der Waals surface area contributed by atoms with Crippen molar-refractivity contribution < 1.29 is 13.6 Å². The highest BCUT2D eigenvalue weighted by molar-refractivity contribution is 6.01. The molecule has 4 heteroatoms. The first-order valence-corrected chi connectivity index (χ1v) is 5.57. The maximum atomic E-state index is 13.8. The van der Waals surface area contributed by atoms with E-state index >= 15 is 0 Å². The van der Waals surface area contributed by atoms with Crippen LogP contribution in [0.2, 0.25) is 0 Å². The van der Waals surface area contributed by atoms with E-state index in [9.17, 15) is 13.6 Å². The van der Waals surface area contributed by atoms with Gasteiger partial charge in [0.05, 0.1) is 5.56 Å². The molecular weight excluding hydrogens is 224 g/mol. The molecule has 0 bridgehead atoms. The smallest absolute Gasteiger partial charge is 0.175 e. The van der Waals surface area contributed by atoms with Crippen LogP contribution in [0.25, 0.3) is 0 Å². The molecule has 0 saturated heterocycles. The van der Waals surface area contributed by atoms with Crippen molar-refractivity contribution in [1.29, 1.82) is 0 Å². The third-order valence-corrected chi connectivity index (χ3v) is 3.29. The van der Waals surface area contributed by atoms with Crippen LogP contribution in [0, 0.1) is 24.0 Å². The lowest BCUT2D eigenvalue weighted by molar-refractivity contribution is 0.0810. The van der Waals surface area contributed by atoms with Gasteiger partial charge in [0.25, 0.3) is 0 Å². The summed E-state index contributed by atoms with van der Waals surface area (Å²) in [6.45, 7) is 4.96. The number of rotatable bonds is 4. The van der Waals surface area contributed by atoms with Gasteiger partial charge in [0.15, 0.2) is 5.78 Å². The van der Waals surface area contributed by atoms with E-state index in [-0.39, 0.29) is 12.1 Å². The van der Waals surface area contributed by atoms with E-state index in [2.05, 4.69) is 0 Å². The Labute approximate surface area is 99.8 Å². The minimum atomic E-state index is -0.921. The minimum absolute atomic E-state index is 0.0646. The summed E-state index contributed by atoms with van der Waals surface area (Å²) in [6.07, 6.45) is 0.440. The van der Waals surface area contributed by atoms with E-state index in [0.29, 0.717) is 6.42 Å². The fourth-order valence-electron chi connectivity index (χ4n) is 1.56. The SMILES string of the molecule is CCC(C)(CN)C(=O)c1c(F)ccc(C)c1F. The second-order valence-corrected chi connectivity index (χ2v) is 4.50. The largest absolute Gasteiger partial charge is 0.329 e. The van der Waals surface area contributed by atoms with Gasteiger partial charge in [-0.1, -0.05) is 19.9 Å². The van der Waals surface area contributed by atoms with E-state index in [0.717, 1.165) is 6.07 Å². The number of aryl methyl sites for hydroxylation is 1. The Morgan fingerprint density at radius 3 is 2.47 bits per heavy atom. The van der Waals surface area contributed by atoms with E-state index in [1.54, 1.807) is 13.8 Å².